The van der Waals surface area contributed by atoms with E-state index in [0.29, 0.717) is 6.04 Å². The molecule has 2 heteroatoms. The molecular formula is C10H17NO. The van der Waals surface area contributed by atoms with Crippen LogP contribution >= 0.6 is 0 Å². The van der Waals surface area contributed by atoms with E-state index in [2.05, 4.69) is 24.7 Å². The van der Waals surface area contributed by atoms with Crippen LogP contribution in [-0.2, 0) is 4.74 Å². The molecule has 1 fully saturated rings. The topological polar surface area (TPSA) is 12.5 Å². The van der Waals surface area contributed by atoms with Gasteiger partial charge in [-0.05, 0) is 13.8 Å². The average Bonchev–Trinajstić information content (AvgIpc) is 2.46. The van der Waals surface area contributed by atoms with Gasteiger partial charge in [0.15, 0.2) is 0 Å². The van der Waals surface area contributed by atoms with Gasteiger partial charge in [0.2, 0.25) is 0 Å². The summed E-state index contributed by atoms with van der Waals surface area (Å²) in [5.74, 6) is 3.06. The molecule has 1 aliphatic heterocycles. The monoisotopic (exact) mass is 167 g/mol. The Morgan fingerprint density at radius 3 is 2.50 bits per heavy atom. The summed E-state index contributed by atoms with van der Waals surface area (Å²) in [6, 6.07) is 0.570. The molecule has 1 saturated heterocycles. The van der Waals surface area contributed by atoms with Crippen molar-refractivity contribution in [2.24, 2.45) is 5.92 Å². The van der Waals surface area contributed by atoms with Gasteiger partial charge >= 0.3 is 0 Å². The van der Waals surface area contributed by atoms with Crippen molar-refractivity contribution in [3.63, 3.8) is 0 Å². The lowest BCUT2D eigenvalue weighted by atomic mass is 10.1. The van der Waals surface area contributed by atoms with Gasteiger partial charge in [0.25, 0.3) is 0 Å². The van der Waals surface area contributed by atoms with Crippen molar-refractivity contribution in [1.29, 1.82) is 0 Å². The minimum atomic E-state index is 0.234. The molecule has 0 aromatic rings. The van der Waals surface area contributed by atoms with Gasteiger partial charge in [-0.25, -0.2) is 0 Å². The molecule has 12 heavy (non-hydrogen) atoms. The fourth-order valence-electron chi connectivity index (χ4n) is 1.62. The maximum absolute atomic E-state index is 5.41. The lowest BCUT2D eigenvalue weighted by Gasteiger charge is -2.19. The molecule has 0 amide bonds. The van der Waals surface area contributed by atoms with Gasteiger partial charge in [-0.1, -0.05) is 5.92 Å². The Morgan fingerprint density at radius 2 is 2.17 bits per heavy atom. The Morgan fingerprint density at radius 1 is 1.50 bits per heavy atom. The predicted molar refractivity (Wildman–Crippen MR) is 49.8 cm³/mol. The SMILES string of the molecule is C#C[C@@H]1CN(C(C)C)C[C@H]1OC. The third kappa shape index (κ3) is 1.80. The van der Waals surface area contributed by atoms with Crippen molar-refractivity contribution in [2.45, 2.75) is 26.0 Å². The van der Waals surface area contributed by atoms with Crippen LogP contribution in [0.15, 0.2) is 0 Å². The van der Waals surface area contributed by atoms with Crippen LogP contribution in [0.3, 0.4) is 0 Å². The van der Waals surface area contributed by atoms with Crippen molar-refractivity contribution in [3.8, 4) is 12.3 Å². The van der Waals surface area contributed by atoms with Crippen molar-refractivity contribution in [3.05, 3.63) is 0 Å². The fraction of sp³-hybridized carbons (Fsp3) is 0.800. The van der Waals surface area contributed by atoms with E-state index in [1.807, 2.05) is 0 Å². The third-order valence-electron chi connectivity index (χ3n) is 2.54. The number of methoxy groups -OCH3 is 1. The van der Waals surface area contributed by atoms with Crippen LogP contribution in [0.4, 0.5) is 0 Å². The standard InChI is InChI=1S/C10H17NO/c1-5-9-6-11(8(2)3)7-10(9)12-4/h1,8-10H,6-7H2,2-4H3/t9-,10-/m1/s1. The van der Waals surface area contributed by atoms with Gasteiger partial charge in [-0.15, -0.1) is 6.42 Å². The number of likely N-dealkylation sites (tertiary alicyclic amines) is 1. The highest BCUT2D eigenvalue weighted by Crippen LogP contribution is 2.20. The molecule has 2 nitrogen and oxygen atoms in total. The summed E-state index contributed by atoms with van der Waals surface area (Å²) in [5, 5.41) is 0. The lowest BCUT2D eigenvalue weighted by molar-refractivity contribution is 0.0901. The summed E-state index contributed by atoms with van der Waals surface area (Å²) >= 11 is 0. The van der Waals surface area contributed by atoms with E-state index < -0.39 is 0 Å². The largest absolute Gasteiger partial charge is 0.379 e. The van der Waals surface area contributed by atoms with Crippen LogP contribution in [0.25, 0.3) is 0 Å². The number of hydrogen-bond acceptors (Lipinski definition) is 2. The van der Waals surface area contributed by atoms with E-state index in [9.17, 15) is 0 Å². The second-order valence-corrected chi connectivity index (χ2v) is 3.59. The molecule has 1 heterocycles. The van der Waals surface area contributed by atoms with Crippen LogP contribution in [0.1, 0.15) is 13.8 Å². The van der Waals surface area contributed by atoms with E-state index in [4.69, 9.17) is 11.2 Å². The summed E-state index contributed by atoms with van der Waals surface area (Å²) in [6.45, 7) is 6.33. The summed E-state index contributed by atoms with van der Waals surface area (Å²) in [6.07, 6.45) is 5.64. The van der Waals surface area contributed by atoms with Gasteiger partial charge < -0.3 is 4.74 Å². The maximum atomic E-state index is 5.41. The van der Waals surface area contributed by atoms with Crippen molar-refractivity contribution >= 4 is 0 Å². The number of rotatable bonds is 2. The van der Waals surface area contributed by atoms with Crippen molar-refractivity contribution in [2.75, 3.05) is 20.2 Å². The molecule has 0 bridgehead atoms. The van der Waals surface area contributed by atoms with E-state index in [-0.39, 0.29) is 12.0 Å². The predicted octanol–water partition coefficient (Wildman–Crippen LogP) is 0.975. The maximum Gasteiger partial charge on any atom is 0.0847 e. The van der Waals surface area contributed by atoms with Crippen LogP contribution in [-0.4, -0.2) is 37.2 Å². The molecule has 0 aromatic heterocycles. The molecule has 1 rings (SSSR count). The minimum absolute atomic E-state index is 0.234. The van der Waals surface area contributed by atoms with Crippen LogP contribution in [0.2, 0.25) is 0 Å². The first-order chi connectivity index (χ1) is 5.69. The molecule has 0 aromatic carbocycles. The molecule has 0 saturated carbocycles. The van der Waals surface area contributed by atoms with Crippen LogP contribution < -0.4 is 0 Å². The number of ether oxygens (including phenoxy) is 1. The average molecular weight is 167 g/mol. The highest BCUT2D eigenvalue weighted by Gasteiger charge is 2.32. The minimum Gasteiger partial charge on any atom is -0.379 e. The lowest BCUT2D eigenvalue weighted by Crippen LogP contribution is -2.29. The van der Waals surface area contributed by atoms with Gasteiger partial charge in [0, 0.05) is 26.2 Å². The van der Waals surface area contributed by atoms with E-state index in [1.165, 1.54) is 0 Å². The van der Waals surface area contributed by atoms with Gasteiger partial charge in [-0.2, -0.15) is 0 Å². The Bertz CT molecular complexity index is 183. The number of hydrogen-bond donors (Lipinski definition) is 0. The van der Waals surface area contributed by atoms with Crippen LogP contribution in [0, 0.1) is 18.3 Å². The normalized spacial score (nSPS) is 30.9. The van der Waals surface area contributed by atoms with Gasteiger partial charge in [-0.3, -0.25) is 4.90 Å². The summed E-state index contributed by atoms with van der Waals surface area (Å²) < 4.78 is 5.31. The summed E-state index contributed by atoms with van der Waals surface area (Å²) in [5.41, 5.74) is 0. The Balaban J connectivity index is 2.54. The molecule has 2 atom stereocenters. The Labute approximate surface area is 74.9 Å². The zero-order chi connectivity index (χ0) is 9.14. The molecular weight excluding hydrogens is 150 g/mol. The molecule has 68 valence electrons. The number of nitrogens with zero attached hydrogens (tertiary/aromatic N) is 1. The van der Waals surface area contributed by atoms with Crippen molar-refractivity contribution < 1.29 is 4.74 Å². The second kappa shape index (κ2) is 3.93. The fourth-order valence-corrected chi connectivity index (χ4v) is 1.62. The van der Waals surface area contributed by atoms with E-state index in [0.717, 1.165) is 13.1 Å². The van der Waals surface area contributed by atoms with Crippen LogP contribution in [0.5, 0.6) is 0 Å². The van der Waals surface area contributed by atoms with Crippen molar-refractivity contribution in [1.82, 2.24) is 4.90 Å². The molecule has 0 spiro atoms. The zero-order valence-corrected chi connectivity index (χ0v) is 8.08. The third-order valence-corrected chi connectivity index (χ3v) is 2.54. The molecule has 0 unspecified atom stereocenters. The first-order valence-corrected chi connectivity index (χ1v) is 4.42. The molecule has 1 aliphatic rings. The molecule has 0 aliphatic carbocycles. The molecule has 0 N–H and O–H groups in total. The second-order valence-electron chi connectivity index (χ2n) is 3.59. The quantitative estimate of drug-likeness (QED) is 0.568. The highest BCUT2D eigenvalue weighted by atomic mass is 16.5. The summed E-state index contributed by atoms with van der Waals surface area (Å²) in [4.78, 5) is 2.36. The first kappa shape index (κ1) is 9.57. The van der Waals surface area contributed by atoms with E-state index in [1.54, 1.807) is 7.11 Å². The Kier molecular flexibility index (Phi) is 3.13. The zero-order valence-electron chi connectivity index (χ0n) is 8.08. The smallest absolute Gasteiger partial charge is 0.0847 e. The van der Waals surface area contributed by atoms with Gasteiger partial charge in [0.1, 0.15) is 0 Å². The highest BCUT2D eigenvalue weighted by molar-refractivity contribution is 5.03. The van der Waals surface area contributed by atoms with Gasteiger partial charge in [0.05, 0.1) is 12.0 Å². The first-order valence-electron chi connectivity index (χ1n) is 4.42. The Hall–Kier alpha value is -0.520. The van der Waals surface area contributed by atoms with E-state index >= 15 is 0 Å². The number of terminal acetylenes is 1. The molecule has 0 radical (unpaired) electrons. The summed E-state index contributed by atoms with van der Waals surface area (Å²) in [7, 11) is 1.73.